The van der Waals surface area contributed by atoms with Gasteiger partial charge >= 0.3 is 0 Å². The minimum absolute atomic E-state index is 0.0556. The van der Waals surface area contributed by atoms with Crippen molar-refractivity contribution >= 4 is 17.1 Å². The molecule has 2 aromatic carbocycles. The molecule has 9 heteroatoms. The van der Waals surface area contributed by atoms with E-state index in [-0.39, 0.29) is 18.0 Å². The molecule has 0 N–H and O–H groups in total. The molecule has 5 rings (SSSR count). The second-order valence-electron chi connectivity index (χ2n) is 7.29. The number of hydrogen-bond acceptors (Lipinski definition) is 6. The summed E-state index contributed by atoms with van der Waals surface area (Å²) in [5.74, 6) is 0.695. The lowest BCUT2D eigenvalue weighted by Crippen LogP contribution is -2.25. The van der Waals surface area contributed by atoms with Gasteiger partial charge in [-0.25, -0.2) is 9.20 Å². The van der Waals surface area contributed by atoms with E-state index < -0.39 is 0 Å². The van der Waals surface area contributed by atoms with Crippen molar-refractivity contribution in [3.8, 4) is 22.6 Å². The van der Waals surface area contributed by atoms with Crippen LogP contribution >= 0.6 is 11.6 Å². The van der Waals surface area contributed by atoms with Gasteiger partial charge in [-0.3, -0.25) is 4.79 Å². The highest BCUT2D eigenvalue weighted by molar-refractivity contribution is 6.30. The van der Waals surface area contributed by atoms with Crippen molar-refractivity contribution in [2.24, 2.45) is 0 Å². The van der Waals surface area contributed by atoms with Crippen LogP contribution in [-0.2, 0) is 6.54 Å². The molecule has 0 aliphatic carbocycles. The van der Waals surface area contributed by atoms with Gasteiger partial charge in [-0.2, -0.15) is 15.2 Å². The molecule has 0 saturated carbocycles. The highest BCUT2D eigenvalue weighted by Crippen LogP contribution is 2.23. The largest absolute Gasteiger partial charge is 0.337 e. The van der Waals surface area contributed by atoms with Gasteiger partial charge in [0.15, 0.2) is 0 Å². The molecule has 8 nitrogen and oxygen atoms in total. The number of fused-ring (bicyclic) bond motifs is 1. The molecule has 0 atom stereocenters. The van der Waals surface area contributed by atoms with Crippen LogP contribution in [0, 0.1) is 13.8 Å². The van der Waals surface area contributed by atoms with Gasteiger partial charge in [-0.15, -0.1) is 0 Å². The van der Waals surface area contributed by atoms with Crippen molar-refractivity contribution < 1.29 is 4.52 Å². The van der Waals surface area contributed by atoms with Crippen molar-refractivity contribution in [1.82, 2.24) is 29.5 Å². The molecular formula is C22H17ClN6O2. The van der Waals surface area contributed by atoms with Crippen molar-refractivity contribution in [2.75, 3.05) is 0 Å². The molecule has 0 radical (unpaired) electrons. The monoisotopic (exact) mass is 432 g/mol. The lowest BCUT2D eigenvalue weighted by molar-refractivity contribution is 0.362. The summed E-state index contributed by atoms with van der Waals surface area (Å²) in [6.07, 6.45) is 1.50. The zero-order valence-electron chi connectivity index (χ0n) is 16.8. The third-order valence-electron chi connectivity index (χ3n) is 5.00. The summed E-state index contributed by atoms with van der Waals surface area (Å²) in [6.45, 7) is 4.12. The fourth-order valence-corrected chi connectivity index (χ4v) is 3.57. The number of aryl methyl sites for hydroxylation is 2. The lowest BCUT2D eigenvalue weighted by Gasteiger charge is -2.02. The van der Waals surface area contributed by atoms with Crippen LogP contribution in [0.4, 0.5) is 0 Å². The molecule has 3 heterocycles. The summed E-state index contributed by atoms with van der Waals surface area (Å²) in [4.78, 5) is 17.3. The van der Waals surface area contributed by atoms with Crippen LogP contribution in [0.25, 0.3) is 28.2 Å². The Bertz CT molecular complexity index is 1470. The maximum Gasteiger partial charge on any atom is 0.293 e. The van der Waals surface area contributed by atoms with Crippen molar-refractivity contribution in [2.45, 2.75) is 20.4 Å². The second-order valence-corrected chi connectivity index (χ2v) is 7.73. The van der Waals surface area contributed by atoms with Crippen molar-refractivity contribution in [3.63, 3.8) is 0 Å². The molecule has 0 spiro atoms. The average molecular weight is 433 g/mol. The van der Waals surface area contributed by atoms with E-state index in [1.807, 2.05) is 26.0 Å². The summed E-state index contributed by atoms with van der Waals surface area (Å²) < 4.78 is 8.07. The Balaban J connectivity index is 1.47. The Morgan fingerprint density at radius 3 is 2.65 bits per heavy atom. The van der Waals surface area contributed by atoms with E-state index in [0.29, 0.717) is 16.4 Å². The van der Waals surface area contributed by atoms with Gasteiger partial charge in [0.2, 0.25) is 11.7 Å². The molecule has 3 aromatic heterocycles. The summed E-state index contributed by atoms with van der Waals surface area (Å²) in [7, 11) is 0. The van der Waals surface area contributed by atoms with E-state index in [1.165, 1.54) is 21.1 Å². The average Bonchev–Trinajstić information content (AvgIpc) is 3.38. The second kappa shape index (κ2) is 7.48. The number of hydrogen-bond donors (Lipinski definition) is 0. The first-order valence-corrected chi connectivity index (χ1v) is 9.97. The van der Waals surface area contributed by atoms with Crippen molar-refractivity contribution in [3.05, 3.63) is 87.3 Å². The molecule has 5 aromatic rings. The molecule has 154 valence electrons. The Morgan fingerprint density at radius 1 is 1.06 bits per heavy atom. The lowest BCUT2D eigenvalue weighted by atomic mass is 10.0. The van der Waals surface area contributed by atoms with Gasteiger partial charge in [0.25, 0.3) is 5.56 Å². The molecule has 0 aliphatic heterocycles. The maximum atomic E-state index is 13.0. The molecule has 31 heavy (non-hydrogen) atoms. The number of halogens is 1. The Morgan fingerprint density at radius 2 is 1.87 bits per heavy atom. The van der Waals surface area contributed by atoms with Gasteiger partial charge in [-0.1, -0.05) is 40.5 Å². The summed E-state index contributed by atoms with van der Waals surface area (Å²) in [6, 6.07) is 15.0. The molecular weight excluding hydrogens is 416 g/mol. The smallest absolute Gasteiger partial charge is 0.293 e. The quantitative estimate of drug-likeness (QED) is 0.427. The van der Waals surface area contributed by atoms with Crippen LogP contribution in [0.2, 0.25) is 5.02 Å². The Labute approximate surface area is 181 Å². The number of nitrogens with zero attached hydrogens (tertiary/aromatic N) is 6. The van der Waals surface area contributed by atoms with Gasteiger partial charge in [-0.05, 0) is 49.7 Å². The number of rotatable bonds is 4. The van der Waals surface area contributed by atoms with E-state index in [2.05, 4.69) is 26.4 Å². The predicted molar refractivity (Wildman–Crippen MR) is 116 cm³/mol. The normalized spacial score (nSPS) is 11.3. The van der Waals surface area contributed by atoms with Crippen LogP contribution in [0.15, 0.2) is 64.2 Å². The van der Waals surface area contributed by atoms with E-state index in [9.17, 15) is 4.79 Å². The molecule has 0 bridgehead atoms. The Hall–Kier alpha value is -3.78. The number of aromatic nitrogens is 6. The first-order valence-electron chi connectivity index (χ1n) is 9.59. The molecule has 0 saturated heterocycles. The zero-order chi connectivity index (χ0) is 21.5. The van der Waals surface area contributed by atoms with Crippen LogP contribution in [-0.4, -0.2) is 29.5 Å². The molecule has 0 amide bonds. The number of benzene rings is 2. The SMILES string of the molecule is Cc1ccc(-c2cc3c(=O)n(Cc4nc(-c5ccc(Cl)cc5)no4)ncn3n2)c(C)c1. The molecule has 0 aliphatic rings. The first-order chi connectivity index (χ1) is 15.0. The van der Waals surface area contributed by atoms with E-state index >= 15 is 0 Å². The maximum absolute atomic E-state index is 13.0. The van der Waals surface area contributed by atoms with E-state index in [0.717, 1.165) is 22.4 Å². The summed E-state index contributed by atoms with van der Waals surface area (Å²) >= 11 is 5.92. The highest BCUT2D eigenvalue weighted by atomic mass is 35.5. The third-order valence-corrected chi connectivity index (χ3v) is 5.26. The fourth-order valence-electron chi connectivity index (χ4n) is 3.45. The molecule has 0 unspecified atom stereocenters. The van der Waals surface area contributed by atoms with Gasteiger partial charge in [0, 0.05) is 16.1 Å². The van der Waals surface area contributed by atoms with Gasteiger partial charge in [0.1, 0.15) is 18.4 Å². The van der Waals surface area contributed by atoms with Crippen LogP contribution < -0.4 is 5.56 Å². The van der Waals surface area contributed by atoms with E-state index in [1.54, 1.807) is 30.3 Å². The van der Waals surface area contributed by atoms with Crippen molar-refractivity contribution in [1.29, 1.82) is 0 Å². The van der Waals surface area contributed by atoms with E-state index in [4.69, 9.17) is 16.1 Å². The van der Waals surface area contributed by atoms with Crippen LogP contribution in [0.3, 0.4) is 0 Å². The summed E-state index contributed by atoms with van der Waals surface area (Å²) in [5, 5.41) is 13.3. The van der Waals surface area contributed by atoms with Gasteiger partial charge in [0.05, 0.1) is 5.69 Å². The minimum Gasteiger partial charge on any atom is -0.337 e. The summed E-state index contributed by atoms with van der Waals surface area (Å²) in [5.41, 5.74) is 4.86. The standard InChI is InChI=1S/C22H17ClN6O2/c1-13-3-8-17(14(2)9-13)18-10-19-22(30)28(24-12-29(19)26-18)11-20-25-21(27-31-20)15-4-6-16(23)7-5-15/h3-10,12H,11H2,1-2H3. The zero-order valence-corrected chi connectivity index (χ0v) is 17.5. The minimum atomic E-state index is -0.294. The highest BCUT2D eigenvalue weighted by Gasteiger charge is 2.14. The van der Waals surface area contributed by atoms with Gasteiger partial charge < -0.3 is 4.52 Å². The topological polar surface area (TPSA) is 91.1 Å². The molecule has 0 fully saturated rings. The van der Waals surface area contributed by atoms with Crippen LogP contribution in [0.1, 0.15) is 17.0 Å². The Kier molecular flexibility index (Phi) is 4.63. The third kappa shape index (κ3) is 3.62. The van der Waals surface area contributed by atoms with Crippen LogP contribution in [0.5, 0.6) is 0 Å². The first kappa shape index (κ1) is 19.2. The predicted octanol–water partition coefficient (Wildman–Crippen LogP) is 3.93. The fraction of sp³-hybridized carbons (Fsp3) is 0.136.